The number of carboxylic acids is 1. The summed E-state index contributed by atoms with van der Waals surface area (Å²) >= 11 is 0. The number of rotatable bonds is 8. The maximum Gasteiger partial charge on any atom is 0.306 e. The van der Waals surface area contributed by atoms with Gasteiger partial charge in [-0.15, -0.1) is 0 Å². The molecule has 0 radical (unpaired) electrons. The second-order valence-corrected chi connectivity index (χ2v) is 6.91. The molecule has 0 aliphatic carbocycles. The van der Waals surface area contributed by atoms with Crippen LogP contribution in [0.15, 0.2) is 0 Å². The normalized spacial score (nSPS) is 14.0. The van der Waals surface area contributed by atoms with Gasteiger partial charge in [0.25, 0.3) is 0 Å². The van der Waals surface area contributed by atoms with E-state index in [2.05, 4.69) is 0 Å². The van der Waals surface area contributed by atoms with Crippen LogP contribution in [0, 0.1) is 11.8 Å². The molecular weight excluding hydrogens is 228 g/mol. The summed E-state index contributed by atoms with van der Waals surface area (Å²) in [6, 6.07) is 0. The molecule has 5 heteroatoms. The summed E-state index contributed by atoms with van der Waals surface area (Å²) in [5.74, 6) is -1.01. The summed E-state index contributed by atoms with van der Waals surface area (Å²) < 4.78 is 22.9. The molecule has 0 amide bonds. The van der Waals surface area contributed by atoms with Crippen LogP contribution in [0.1, 0.15) is 40.0 Å². The molecule has 0 aromatic heterocycles. The SMILES string of the molecule is CCCS(=O)(=O)CCC(CC(C)C)C(=O)O. The molecule has 0 spiro atoms. The van der Waals surface area contributed by atoms with E-state index in [4.69, 9.17) is 5.11 Å². The van der Waals surface area contributed by atoms with Gasteiger partial charge in [0.2, 0.25) is 0 Å². The lowest BCUT2D eigenvalue weighted by Crippen LogP contribution is -2.21. The molecule has 1 N–H and O–H groups in total. The molecule has 96 valence electrons. The largest absolute Gasteiger partial charge is 0.481 e. The number of aliphatic carboxylic acids is 1. The van der Waals surface area contributed by atoms with E-state index >= 15 is 0 Å². The Kier molecular flexibility index (Phi) is 6.64. The Balaban J connectivity index is 4.27. The van der Waals surface area contributed by atoms with Crippen LogP contribution in [-0.2, 0) is 14.6 Å². The van der Waals surface area contributed by atoms with Crippen molar-refractivity contribution < 1.29 is 18.3 Å². The van der Waals surface area contributed by atoms with Gasteiger partial charge >= 0.3 is 5.97 Å². The van der Waals surface area contributed by atoms with Crippen LogP contribution in [0.4, 0.5) is 0 Å². The molecule has 0 bridgehead atoms. The minimum Gasteiger partial charge on any atom is -0.481 e. The predicted octanol–water partition coefficient (Wildman–Crippen LogP) is 1.95. The molecule has 16 heavy (non-hydrogen) atoms. The average Bonchev–Trinajstić information content (AvgIpc) is 2.11. The highest BCUT2D eigenvalue weighted by molar-refractivity contribution is 7.91. The summed E-state index contributed by atoms with van der Waals surface area (Å²) in [6.45, 7) is 5.69. The Hall–Kier alpha value is -0.580. The summed E-state index contributed by atoms with van der Waals surface area (Å²) in [6.07, 6.45) is 1.36. The lowest BCUT2D eigenvalue weighted by atomic mass is 9.95. The fourth-order valence-electron chi connectivity index (χ4n) is 1.65. The van der Waals surface area contributed by atoms with Crippen LogP contribution in [0.5, 0.6) is 0 Å². The van der Waals surface area contributed by atoms with Gasteiger partial charge in [-0.2, -0.15) is 0 Å². The first kappa shape index (κ1) is 15.4. The third-order valence-corrected chi connectivity index (χ3v) is 4.29. The number of hydrogen-bond acceptors (Lipinski definition) is 3. The highest BCUT2D eigenvalue weighted by Gasteiger charge is 2.21. The third-order valence-electron chi connectivity index (χ3n) is 2.40. The zero-order chi connectivity index (χ0) is 12.8. The quantitative estimate of drug-likeness (QED) is 0.714. The second-order valence-electron chi connectivity index (χ2n) is 4.61. The molecule has 0 heterocycles. The maximum absolute atomic E-state index is 11.5. The van der Waals surface area contributed by atoms with Crippen molar-refractivity contribution in [1.82, 2.24) is 0 Å². The number of carboxylic acid groups (broad SMARTS) is 1. The van der Waals surface area contributed by atoms with E-state index in [1.165, 1.54) is 0 Å². The van der Waals surface area contributed by atoms with Crippen LogP contribution >= 0.6 is 0 Å². The van der Waals surface area contributed by atoms with E-state index in [0.29, 0.717) is 12.8 Å². The fourth-order valence-corrected chi connectivity index (χ4v) is 3.12. The van der Waals surface area contributed by atoms with Crippen molar-refractivity contribution in [3.05, 3.63) is 0 Å². The molecule has 0 aromatic carbocycles. The summed E-state index contributed by atoms with van der Waals surface area (Å²) in [7, 11) is -3.06. The van der Waals surface area contributed by atoms with Crippen molar-refractivity contribution in [2.75, 3.05) is 11.5 Å². The predicted molar refractivity (Wildman–Crippen MR) is 64.1 cm³/mol. The smallest absolute Gasteiger partial charge is 0.306 e. The average molecular weight is 250 g/mol. The first-order chi connectivity index (χ1) is 7.28. The van der Waals surface area contributed by atoms with Crippen LogP contribution in [0.25, 0.3) is 0 Å². The molecule has 0 aliphatic rings. The zero-order valence-corrected chi connectivity index (χ0v) is 11.1. The van der Waals surface area contributed by atoms with E-state index in [1.807, 2.05) is 13.8 Å². The van der Waals surface area contributed by atoms with Crippen molar-refractivity contribution in [3.63, 3.8) is 0 Å². The zero-order valence-electron chi connectivity index (χ0n) is 10.3. The minimum absolute atomic E-state index is 0.00940. The van der Waals surface area contributed by atoms with Gasteiger partial charge in [0.1, 0.15) is 9.84 Å². The Morgan fingerprint density at radius 2 is 1.81 bits per heavy atom. The van der Waals surface area contributed by atoms with Gasteiger partial charge in [0.05, 0.1) is 11.7 Å². The van der Waals surface area contributed by atoms with E-state index in [-0.39, 0.29) is 23.8 Å². The van der Waals surface area contributed by atoms with E-state index in [9.17, 15) is 13.2 Å². The van der Waals surface area contributed by atoms with Crippen molar-refractivity contribution in [1.29, 1.82) is 0 Å². The van der Waals surface area contributed by atoms with Crippen molar-refractivity contribution in [3.8, 4) is 0 Å². The lowest BCUT2D eigenvalue weighted by molar-refractivity contribution is -0.142. The van der Waals surface area contributed by atoms with Crippen LogP contribution < -0.4 is 0 Å². The molecule has 0 aromatic rings. The highest BCUT2D eigenvalue weighted by Crippen LogP contribution is 2.17. The Bertz CT molecular complexity index is 306. The van der Waals surface area contributed by atoms with Crippen LogP contribution in [0.2, 0.25) is 0 Å². The molecule has 0 saturated heterocycles. The first-order valence-electron chi connectivity index (χ1n) is 5.71. The molecule has 1 unspecified atom stereocenters. The number of carbonyl (C=O) groups is 1. The Morgan fingerprint density at radius 3 is 2.19 bits per heavy atom. The molecular formula is C11H22O4S. The topological polar surface area (TPSA) is 71.4 Å². The molecule has 0 saturated carbocycles. The Morgan fingerprint density at radius 1 is 1.25 bits per heavy atom. The van der Waals surface area contributed by atoms with Crippen molar-refractivity contribution in [2.24, 2.45) is 11.8 Å². The molecule has 4 nitrogen and oxygen atoms in total. The summed E-state index contributed by atoms with van der Waals surface area (Å²) in [5.41, 5.74) is 0. The number of hydrogen-bond donors (Lipinski definition) is 1. The standard InChI is InChI=1S/C11H22O4S/c1-4-6-16(14,15)7-5-10(11(12)13)8-9(2)3/h9-10H,4-8H2,1-3H3,(H,12,13). The lowest BCUT2D eigenvalue weighted by Gasteiger charge is -2.14. The van der Waals surface area contributed by atoms with Gasteiger partial charge in [-0.3, -0.25) is 4.79 Å². The minimum atomic E-state index is -3.06. The highest BCUT2D eigenvalue weighted by atomic mass is 32.2. The first-order valence-corrected chi connectivity index (χ1v) is 7.54. The van der Waals surface area contributed by atoms with E-state index < -0.39 is 21.7 Å². The second kappa shape index (κ2) is 6.89. The van der Waals surface area contributed by atoms with Gasteiger partial charge in [0, 0.05) is 5.75 Å². The van der Waals surface area contributed by atoms with Gasteiger partial charge in [-0.25, -0.2) is 8.42 Å². The van der Waals surface area contributed by atoms with E-state index in [0.717, 1.165) is 0 Å². The van der Waals surface area contributed by atoms with Gasteiger partial charge in [0.15, 0.2) is 0 Å². The summed E-state index contributed by atoms with van der Waals surface area (Å²) in [4.78, 5) is 10.9. The van der Waals surface area contributed by atoms with Gasteiger partial charge in [-0.05, 0) is 25.2 Å². The van der Waals surface area contributed by atoms with Gasteiger partial charge in [-0.1, -0.05) is 20.8 Å². The molecule has 1 atom stereocenters. The fraction of sp³-hybridized carbons (Fsp3) is 0.909. The van der Waals surface area contributed by atoms with Crippen molar-refractivity contribution >= 4 is 15.8 Å². The monoisotopic (exact) mass is 250 g/mol. The maximum atomic E-state index is 11.5. The molecule has 0 fully saturated rings. The van der Waals surface area contributed by atoms with E-state index in [1.54, 1.807) is 6.92 Å². The number of sulfone groups is 1. The van der Waals surface area contributed by atoms with Crippen LogP contribution in [-0.4, -0.2) is 31.0 Å². The van der Waals surface area contributed by atoms with Gasteiger partial charge < -0.3 is 5.11 Å². The van der Waals surface area contributed by atoms with Crippen LogP contribution in [0.3, 0.4) is 0 Å². The van der Waals surface area contributed by atoms with Crippen molar-refractivity contribution in [2.45, 2.75) is 40.0 Å². The molecule has 0 rings (SSSR count). The molecule has 0 aliphatic heterocycles. The summed E-state index contributed by atoms with van der Waals surface area (Å²) in [5, 5.41) is 8.95. The Labute approximate surface area is 98.0 Å². The third kappa shape index (κ3) is 6.82.